The lowest BCUT2D eigenvalue weighted by molar-refractivity contribution is 0.139. The molecule has 0 bridgehead atoms. The number of hydrogen-bond acceptors (Lipinski definition) is 3. The molecule has 0 spiro atoms. The average Bonchev–Trinajstić information content (AvgIpc) is 2.64. The minimum Gasteiger partial charge on any atom is -0.318 e. The monoisotopic (exact) mass is 236 g/mol. The van der Waals surface area contributed by atoms with Gasteiger partial charge in [0, 0.05) is 37.4 Å². The molecule has 1 aliphatic rings. The van der Waals surface area contributed by atoms with Crippen molar-refractivity contribution >= 4 is 0 Å². The Morgan fingerprint density at radius 2 is 2.29 bits per heavy atom. The number of rotatable bonds is 4. The first-order valence-electron chi connectivity index (χ1n) is 6.58. The average molecular weight is 236 g/mol. The van der Waals surface area contributed by atoms with Crippen LogP contribution in [0, 0.1) is 6.92 Å². The van der Waals surface area contributed by atoms with Gasteiger partial charge in [0.25, 0.3) is 0 Å². The van der Waals surface area contributed by atoms with Gasteiger partial charge in [-0.15, -0.1) is 0 Å². The van der Waals surface area contributed by atoms with Crippen LogP contribution in [0.1, 0.15) is 30.5 Å². The Kier molecular flexibility index (Phi) is 4.18. The fraction of sp³-hybridized carbons (Fsp3) is 0.769. The van der Waals surface area contributed by atoms with Gasteiger partial charge >= 0.3 is 0 Å². The third kappa shape index (κ3) is 2.87. The summed E-state index contributed by atoms with van der Waals surface area (Å²) < 4.78 is 1.96. The SMILES string of the molecule is CNCC1CCCCN1Cc1cnn(C)c1C. The third-order valence-corrected chi connectivity index (χ3v) is 3.90. The molecule has 2 rings (SSSR count). The highest BCUT2D eigenvalue weighted by Gasteiger charge is 2.22. The standard InChI is InChI=1S/C13H24N4/c1-11-12(8-15-16(11)3)10-17-7-5-4-6-13(17)9-14-2/h8,13-14H,4-7,9-10H2,1-3H3. The Bertz CT molecular complexity index is 356. The summed E-state index contributed by atoms with van der Waals surface area (Å²) in [7, 11) is 4.06. The van der Waals surface area contributed by atoms with E-state index in [1.54, 1.807) is 0 Å². The molecule has 4 nitrogen and oxygen atoms in total. The second-order valence-corrected chi connectivity index (χ2v) is 5.06. The van der Waals surface area contributed by atoms with Crippen LogP contribution in [0.5, 0.6) is 0 Å². The largest absolute Gasteiger partial charge is 0.318 e. The molecule has 96 valence electrons. The zero-order valence-corrected chi connectivity index (χ0v) is 11.2. The van der Waals surface area contributed by atoms with Gasteiger partial charge < -0.3 is 5.32 Å². The molecule has 0 radical (unpaired) electrons. The van der Waals surface area contributed by atoms with Crippen LogP contribution in [0.2, 0.25) is 0 Å². The van der Waals surface area contributed by atoms with Gasteiger partial charge in [0.05, 0.1) is 6.20 Å². The van der Waals surface area contributed by atoms with E-state index in [9.17, 15) is 0 Å². The summed E-state index contributed by atoms with van der Waals surface area (Å²) in [5.74, 6) is 0. The summed E-state index contributed by atoms with van der Waals surface area (Å²) in [5.41, 5.74) is 2.66. The molecular weight excluding hydrogens is 212 g/mol. The zero-order chi connectivity index (χ0) is 12.3. The van der Waals surface area contributed by atoms with E-state index < -0.39 is 0 Å². The predicted octanol–water partition coefficient (Wildman–Crippen LogP) is 1.30. The number of nitrogens with zero attached hydrogens (tertiary/aromatic N) is 3. The number of hydrogen-bond donors (Lipinski definition) is 1. The van der Waals surface area contributed by atoms with E-state index in [1.807, 2.05) is 25.0 Å². The van der Waals surface area contributed by atoms with Crippen molar-refractivity contribution in [3.63, 3.8) is 0 Å². The highest BCUT2D eigenvalue weighted by atomic mass is 15.3. The molecule has 0 saturated carbocycles. The molecule has 1 atom stereocenters. The molecule has 2 heterocycles. The van der Waals surface area contributed by atoms with Crippen LogP contribution >= 0.6 is 0 Å². The topological polar surface area (TPSA) is 33.1 Å². The summed E-state index contributed by atoms with van der Waals surface area (Å²) >= 11 is 0. The van der Waals surface area contributed by atoms with Crippen LogP contribution in [-0.2, 0) is 13.6 Å². The van der Waals surface area contributed by atoms with Crippen LogP contribution in [-0.4, -0.2) is 40.9 Å². The van der Waals surface area contributed by atoms with Crippen molar-refractivity contribution in [3.8, 4) is 0 Å². The number of piperidine rings is 1. The molecule has 0 aliphatic carbocycles. The van der Waals surface area contributed by atoms with Crippen molar-refractivity contribution < 1.29 is 0 Å². The van der Waals surface area contributed by atoms with Crippen molar-refractivity contribution in [3.05, 3.63) is 17.5 Å². The first-order valence-corrected chi connectivity index (χ1v) is 6.58. The van der Waals surface area contributed by atoms with E-state index in [1.165, 1.54) is 37.1 Å². The van der Waals surface area contributed by atoms with Crippen molar-refractivity contribution in [2.75, 3.05) is 20.1 Å². The highest BCUT2D eigenvalue weighted by Crippen LogP contribution is 2.20. The Morgan fingerprint density at radius 1 is 1.47 bits per heavy atom. The van der Waals surface area contributed by atoms with E-state index in [-0.39, 0.29) is 0 Å². The van der Waals surface area contributed by atoms with Gasteiger partial charge in [0.1, 0.15) is 0 Å². The van der Waals surface area contributed by atoms with E-state index in [0.29, 0.717) is 6.04 Å². The van der Waals surface area contributed by atoms with Crippen molar-refractivity contribution in [1.29, 1.82) is 0 Å². The molecule has 0 amide bonds. The Balaban J connectivity index is 2.02. The second kappa shape index (κ2) is 5.65. The molecule has 1 saturated heterocycles. The lowest BCUT2D eigenvalue weighted by Gasteiger charge is -2.35. The van der Waals surface area contributed by atoms with Gasteiger partial charge in [0.2, 0.25) is 0 Å². The molecule has 17 heavy (non-hydrogen) atoms. The molecule has 4 heteroatoms. The maximum absolute atomic E-state index is 4.33. The minimum atomic E-state index is 0.688. The molecule has 0 aromatic carbocycles. The highest BCUT2D eigenvalue weighted by molar-refractivity contribution is 5.15. The molecule has 1 N–H and O–H groups in total. The Labute approximate surface area is 104 Å². The van der Waals surface area contributed by atoms with Gasteiger partial charge in [-0.2, -0.15) is 5.10 Å². The summed E-state index contributed by atoms with van der Waals surface area (Å²) in [6, 6.07) is 0.688. The van der Waals surface area contributed by atoms with Gasteiger partial charge in [0.15, 0.2) is 0 Å². The van der Waals surface area contributed by atoms with Crippen LogP contribution in [0.25, 0.3) is 0 Å². The van der Waals surface area contributed by atoms with Gasteiger partial charge in [-0.1, -0.05) is 6.42 Å². The first-order chi connectivity index (χ1) is 8.22. The number of aryl methyl sites for hydroxylation is 1. The molecule has 1 unspecified atom stereocenters. The Morgan fingerprint density at radius 3 is 2.94 bits per heavy atom. The number of nitrogens with one attached hydrogen (secondary N) is 1. The summed E-state index contributed by atoms with van der Waals surface area (Å²) in [6.07, 6.45) is 6.04. The lowest BCUT2D eigenvalue weighted by atomic mass is 10.0. The van der Waals surface area contributed by atoms with Crippen LogP contribution in [0.4, 0.5) is 0 Å². The number of likely N-dealkylation sites (tertiary alicyclic amines) is 1. The van der Waals surface area contributed by atoms with Gasteiger partial charge in [-0.05, 0) is 33.4 Å². The van der Waals surface area contributed by atoms with E-state index in [4.69, 9.17) is 0 Å². The van der Waals surface area contributed by atoms with Crippen LogP contribution in [0.3, 0.4) is 0 Å². The van der Waals surface area contributed by atoms with E-state index in [0.717, 1.165) is 13.1 Å². The van der Waals surface area contributed by atoms with E-state index in [2.05, 4.69) is 22.2 Å². The maximum Gasteiger partial charge on any atom is 0.0537 e. The normalized spacial score (nSPS) is 21.9. The fourth-order valence-electron chi connectivity index (χ4n) is 2.65. The molecule has 1 aromatic rings. The Hall–Kier alpha value is -0.870. The summed E-state index contributed by atoms with van der Waals surface area (Å²) in [6.45, 7) is 5.52. The second-order valence-electron chi connectivity index (χ2n) is 5.06. The first kappa shape index (κ1) is 12.6. The van der Waals surface area contributed by atoms with Gasteiger partial charge in [-0.25, -0.2) is 0 Å². The van der Waals surface area contributed by atoms with Crippen molar-refractivity contribution in [1.82, 2.24) is 20.0 Å². The number of aromatic nitrogens is 2. The number of likely N-dealkylation sites (N-methyl/N-ethyl adjacent to an activating group) is 1. The summed E-state index contributed by atoms with van der Waals surface area (Å²) in [5, 5.41) is 7.64. The predicted molar refractivity (Wildman–Crippen MR) is 69.9 cm³/mol. The van der Waals surface area contributed by atoms with Crippen molar-refractivity contribution in [2.45, 2.75) is 38.8 Å². The molecule has 1 aliphatic heterocycles. The molecule has 1 aromatic heterocycles. The van der Waals surface area contributed by atoms with Crippen LogP contribution < -0.4 is 5.32 Å². The summed E-state index contributed by atoms with van der Waals surface area (Å²) in [4.78, 5) is 2.60. The smallest absolute Gasteiger partial charge is 0.0537 e. The van der Waals surface area contributed by atoms with Crippen molar-refractivity contribution in [2.24, 2.45) is 7.05 Å². The zero-order valence-electron chi connectivity index (χ0n) is 11.2. The third-order valence-electron chi connectivity index (χ3n) is 3.90. The quantitative estimate of drug-likeness (QED) is 0.855. The lowest BCUT2D eigenvalue weighted by Crippen LogP contribution is -2.44. The molecular formula is C13H24N4. The van der Waals surface area contributed by atoms with Crippen LogP contribution in [0.15, 0.2) is 6.20 Å². The fourth-order valence-corrected chi connectivity index (χ4v) is 2.65. The maximum atomic E-state index is 4.33. The minimum absolute atomic E-state index is 0.688. The van der Waals surface area contributed by atoms with E-state index >= 15 is 0 Å². The van der Waals surface area contributed by atoms with Gasteiger partial charge in [-0.3, -0.25) is 9.58 Å². The molecule has 1 fully saturated rings.